The molecule has 3 aromatic rings. The number of hydrazone groups is 1. The molecule has 0 aliphatic heterocycles. The molecule has 9 heteroatoms. The molecule has 1 aromatic heterocycles. The molecule has 8 nitrogen and oxygen atoms in total. The molecule has 0 saturated heterocycles. The van der Waals surface area contributed by atoms with Crippen molar-refractivity contribution in [3.05, 3.63) is 65.5 Å². The number of para-hydroxylation sites is 1. The van der Waals surface area contributed by atoms with Gasteiger partial charge in [-0.25, -0.2) is 5.43 Å². The maximum atomic E-state index is 12.3. The van der Waals surface area contributed by atoms with Crippen molar-refractivity contribution < 1.29 is 14.3 Å². The van der Waals surface area contributed by atoms with Gasteiger partial charge in [0.05, 0.1) is 20.4 Å². The number of carbonyl (C=O) groups is 1. The van der Waals surface area contributed by atoms with Gasteiger partial charge in [0.15, 0.2) is 16.7 Å². The number of ether oxygens (including phenoxy) is 2. The van der Waals surface area contributed by atoms with E-state index in [0.717, 1.165) is 16.5 Å². The highest BCUT2D eigenvalue weighted by molar-refractivity contribution is 7.98. The highest BCUT2D eigenvalue weighted by Gasteiger charge is 2.09. The summed E-state index contributed by atoms with van der Waals surface area (Å²) in [5.41, 5.74) is 4.83. The summed E-state index contributed by atoms with van der Waals surface area (Å²) < 4.78 is 12.5. The van der Waals surface area contributed by atoms with Gasteiger partial charge in [0, 0.05) is 23.9 Å². The van der Waals surface area contributed by atoms with Crippen LogP contribution >= 0.6 is 11.8 Å². The van der Waals surface area contributed by atoms with Gasteiger partial charge in [-0.2, -0.15) is 5.10 Å². The predicted octanol–water partition coefficient (Wildman–Crippen LogP) is 2.89. The van der Waals surface area contributed by atoms with Crippen molar-refractivity contribution in [2.75, 3.05) is 14.2 Å². The lowest BCUT2D eigenvalue weighted by Crippen LogP contribution is -2.17. The lowest BCUT2D eigenvalue weighted by atomic mass is 10.1. The molecule has 0 saturated carbocycles. The van der Waals surface area contributed by atoms with Crippen LogP contribution in [-0.2, 0) is 12.8 Å². The first-order valence-corrected chi connectivity index (χ1v) is 9.71. The van der Waals surface area contributed by atoms with Crippen molar-refractivity contribution in [2.24, 2.45) is 12.1 Å². The molecule has 0 fully saturated rings. The van der Waals surface area contributed by atoms with E-state index in [1.54, 1.807) is 50.5 Å². The number of amides is 1. The second kappa shape index (κ2) is 9.74. The summed E-state index contributed by atoms with van der Waals surface area (Å²) in [5.74, 6) is 1.59. The molecule has 0 atom stereocenters. The quantitative estimate of drug-likeness (QED) is 0.348. The smallest absolute Gasteiger partial charge is 0.271 e. The minimum atomic E-state index is -0.296. The average Bonchev–Trinajstić information content (AvgIpc) is 3.16. The summed E-state index contributed by atoms with van der Waals surface area (Å²) >= 11 is 1.58. The number of thioether (sulfide) groups is 1. The Kier molecular flexibility index (Phi) is 6.85. The van der Waals surface area contributed by atoms with Crippen LogP contribution < -0.4 is 14.9 Å². The number of carbonyl (C=O) groups excluding carboxylic acids is 1. The van der Waals surface area contributed by atoms with E-state index in [9.17, 15) is 4.79 Å². The van der Waals surface area contributed by atoms with Crippen LogP contribution in [-0.4, -0.2) is 41.1 Å². The molecule has 3 rings (SSSR count). The maximum absolute atomic E-state index is 12.3. The second-order valence-electron chi connectivity index (χ2n) is 5.99. The number of rotatable bonds is 8. The SMILES string of the molecule is COc1cccc(/C=N/NC(=O)c2ccc(CSc3nncn3C)cc2)c1OC. The fraction of sp³-hybridized carbons (Fsp3) is 0.200. The molecule has 1 amide bonds. The Morgan fingerprint density at radius 3 is 2.66 bits per heavy atom. The van der Waals surface area contributed by atoms with Crippen LogP contribution in [0.1, 0.15) is 21.5 Å². The van der Waals surface area contributed by atoms with Crippen molar-refractivity contribution in [1.82, 2.24) is 20.2 Å². The van der Waals surface area contributed by atoms with Crippen LogP contribution in [0.2, 0.25) is 0 Å². The van der Waals surface area contributed by atoms with Crippen LogP contribution in [0.15, 0.2) is 59.0 Å². The zero-order valence-electron chi connectivity index (χ0n) is 16.3. The van der Waals surface area contributed by atoms with Gasteiger partial charge in [-0.05, 0) is 29.8 Å². The normalized spacial score (nSPS) is 10.9. The summed E-state index contributed by atoms with van der Waals surface area (Å²) in [7, 11) is 5.02. The Labute approximate surface area is 172 Å². The molecular formula is C20H21N5O3S. The van der Waals surface area contributed by atoms with E-state index in [4.69, 9.17) is 9.47 Å². The van der Waals surface area contributed by atoms with Gasteiger partial charge in [-0.1, -0.05) is 30.0 Å². The highest BCUT2D eigenvalue weighted by Crippen LogP contribution is 2.29. The van der Waals surface area contributed by atoms with E-state index in [-0.39, 0.29) is 5.91 Å². The van der Waals surface area contributed by atoms with Gasteiger partial charge >= 0.3 is 0 Å². The van der Waals surface area contributed by atoms with Crippen molar-refractivity contribution >= 4 is 23.9 Å². The number of hydrogen-bond acceptors (Lipinski definition) is 7. The number of benzene rings is 2. The fourth-order valence-corrected chi connectivity index (χ4v) is 3.39. The molecule has 0 unspecified atom stereocenters. The standard InChI is InChI=1S/C20H21N5O3S/c1-25-13-22-24-20(25)29-12-14-7-9-15(10-8-14)19(26)23-21-11-16-5-4-6-17(27-2)18(16)28-3/h4-11,13H,12H2,1-3H3,(H,23,26)/b21-11+. The third kappa shape index (κ3) is 5.14. The first-order chi connectivity index (χ1) is 14.1. The number of methoxy groups -OCH3 is 2. The zero-order valence-corrected chi connectivity index (χ0v) is 17.1. The molecular weight excluding hydrogens is 390 g/mol. The minimum absolute atomic E-state index is 0.296. The monoisotopic (exact) mass is 411 g/mol. The third-order valence-corrected chi connectivity index (χ3v) is 5.16. The van der Waals surface area contributed by atoms with Gasteiger partial charge in [-0.3, -0.25) is 4.79 Å². The fourth-order valence-electron chi connectivity index (χ4n) is 2.54. The largest absolute Gasteiger partial charge is 0.493 e. The van der Waals surface area contributed by atoms with Gasteiger partial charge in [0.2, 0.25) is 0 Å². The number of hydrogen-bond donors (Lipinski definition) is 1. The molecule has 0 aliphatic rings. The Balaban J connectivity index is 1.58. The number of nitrogens with one attached hydrogen (secondary N) is 1. The van der Waals surface area contributed by atoms with Gasteiger partial charge in [0.25, 0.3) is 5.91 Å². The van der Waals surface area contributed by atoms with Crippen LogP contribution in [0.4, 0.5) is 0 Å². The van der Waals surface area contributed by atoms with Crippen molar-refractivity contribution in [2.45, 2.75) is 10.9 Å². The van der Waals surface area contributed by atoms with E-state index in [0.29, 0.717) is 22.6 Å². The van der Waals surface area contributed by atoms with Gasteiger partial charge < -0.3 is 14.0 Å². The van der Waals surface area contributed by atoms with Crippen molar-refractivity contribution in [3.63, 3.8) is 0 Å². The Hall–Kier alpha value is -3.33. The molecule has 0 aliphatic carbocycles. The van der Waals surface area contributed by atoms with Crippen LogP contribution in [0.25, 0.3) is 0 Å². The molecule has 2 aromatic carbocycles. The Morgan fingerprint density at radius 2 is 2.00 bits per heavy atom. The second-order valence-corrected chi connectivity index (χ2v) is 6.93. The van der Waals surface area contributed by atoms with Crippen molar-refractivity contribution in [1.29, 1.82) is 0 Å². The molecule has 150 valence electrons. The molecule has 1 heterocycles. The number of aromatic nitrogens is 3. The lowest BCUT2D eigenvalue weighted by molar-refractivity contribution is 0.0955. The molecule has 0 spiro atoms. The van der Waals surface area contributed by atoms with Gasteiger partial charge in [0.1, 0.15) is 6.33 Å². The maximum Gasteiger partial charge on any atom is 0.271 e. The van der Waals surface area contributed by atoms with E-state index < -0.39 is 0 Å². The Morgan fingerprint density at radius 1 is 1.21 bits per heavy atom. The number of nitrogens with zero attached hydrogens (tertiary/aromatic N) is 4. The van der Waals surface area contributed by atoms with E-state index in [2.05, 4.69) is 20.7 Å². The van der Waals surface area contributed by atoms with Gasteiger partial charge in [-0.15, -0.1) is 10.2 Å². The van der Waals surface area contributed by atoms with E-state index in [1.165, 1.54) is 6.21 Å². The van der Waals surface area contributed by atoms with E-state index >= 15 is 0 Å². The number of aryl methyl sites for hydroxylation is 1. The van der Waals surface area contributed by atoms with Crippen LogP contribution in [0, 0.1) is 0 Å². The van der Waals surface area contributed by atoms with Crippen LogP contribution in [0.3, 0.4) is 0 Å². The topological polar surface area (TPSA) is 90.6 Å². The highest BCUT2D eigenvalue weighted by atomic mass is 32.2. The summed E-state index contributed by atoms with van der Waals surface area (Å²) in [4.78, 5) is 12.3. The summed E-state index contributed by atoms with van der Waals surface area (Å²) in [5, 5.41) is 12.8. The summed E-state index contributed by atoms with van der Waals surface area (Å²) in [6, 6.07) is 12.8. The van der Waals surface area contributed by atoms with Crippen molar-refractivity contribution in [3.8, 4) is 11.5 Å². The third-order valence-electron chi connectivity index (χ3n) is 4.06. The molecule has 0 bridgehead atoms. The molecule has 29 heavy (non-hydrogen) atoms. The average molecular weight is 411 g/mol. The Bertz CT molecular complexity index is 1000. The summed E-state index contributed by atoms with van der Waals surface area (Å²) in [6.45, 7) is 0. The van der Waals surface area contributed by atoms with E-state index in [1.807, 2.05) is 35.9 Å². The first kappa shape index (κ1) is 20.4. The molecule has 0 radical (unpaired) electrons. The molecule has 1 N–H and O–H groups in total. The lowest BCUT2D eigenvalue weighted by Gasteiger charge is -2.09. The predicted molar refractivity (Wildman–Crippen MR) is 112 cm³/mol. The van der Waals surface area contributed by atoms with Crippen LogP contribution in [0.5, 0.6) is 11.5 Å². The minimum Gasteiger partial charge on any atom is -0.493 e. The zero-order chi connectivity index (χ0) is 20.6. The summed E-state index contributed by atoms with van der Waals surface area (Å²) in [6.07, 6.45) is 3.18. The first-order valence-electron chi connectivity index (χ1n) is 8.72.